The number of aromatic hydroxyl groups is 3. The molecule has 5 bridgehead atoms. The predicted octanol–water partition coefficient (Wildman–Crippen LogP) is 3.99. The van der Waals surface area contributed by atoms with Crippen molar-refractivity contribution in [2.24, 2.45) is 28.8 Å². The molecule has 0 aromatic heterocycles. The number of aliphatic hydroxyl groups is 2. The average molecular weight is 809 g/mol. The number of piperazine rings is 1. The third-order valence-corrected chi connectivity index (χ3v) is 11.5. The van der Waals surface area contributed by atoms with E-state index in [1.165, 1.54) is 59.4 Å². The predicted molar refractivity (Wildman–Crippen MR) is 216 cm³/mol. The molecule has 9 atom stereocenters. The van der Waals surface area contributed by atoms with E-state index in [9.17, 15) is 39.9 Å². The van der Waals surface area contributed by atoms with E-state index in [1.54, 1.807) is 44.9 Å². The number of fused-ring (bicyclic) bond motifs is 14. The summed E-state index contributed by atoms with van der Waals surface area (Å²) >= 11 is 0. The number of methoxy groups -OCH3 is 1. The first kappa shape index (κ1) is 44.0. The summed E-state index contributed by atoms with van der Waals surface area (Å²) in [6, 6.07) is 0. The van der Waals surface area contributed by atoms with Crippen LogP contribution in [0.2, 0.25) is 0 Å². The van der Waals surface area contributed by atoms with Gasteiger partial charge < -0.3 is 55.1 Å². The van der Waals surface area contributed by atoms with Crippen molar-refractivity contribution in [2.75, 3.05) is 38.6 Å². The molecule has 16 nitrogen and oxygen atoms in total. The number of phenolic OH excluding ortho intramolecular Hbond substituents is 3. The smallest absolute Gasteiger partial charge is 0.312 e. The van der Waals surface area contributed by atoms with Gasteiger partial charge in [-0.05, 0) is 19.9 Å². The lowest BCUT2D eigenvalue weighted by atomic mass is 9.78. The van der Waals surface area contributed by atoms with Crippen LogP contribution in [-0.2, 0) is 23.8 Å². The van der Waals surface area contributed by atoms with E-state index < -0.39 is 88.8 Å². The number of amides is 1. The summed E-state index contributed by atoms with van der Waals surface area (Å²) in [7, 11) is 1.44. The molecule has 2 aromatic rings. The first-order valence-electron chi connectivity index (χ1n) is 19.4. The Morgan fingerprint density at radius 3 is 2.28 bits per heavy atom. The van der Waals surface area contributed by atoms with Gasteiger partial charge in [-0.2, -0.15) is 5.10 Å². The molecule has 4 heterocycles. The fourth-order valence-electron chi connectivity index (χ4n) is 7.78. The number of hydrazone groups is 1. The van der Waals surface area contributed by atoms with Gasteiger partial charge in [-0.3, -0.25) is 19.4 Å². The van der Waals surface area contributed by atoms with Crippen LogP contribution in [0.3, 0.4) is 0 Å². The van der Waals surface area contributed by atoms with E-state index in [1.807, 2.05) is 0 Å². The van der Waals surface area contributed by atoms with Crippen molar-refractivity contribution in [3.05, 3.63) is 52.8 Å². The highest BCUT2D eigenvalue weighted by atomic mass is 16.7. The second-order valence-electron chi connectivity index (χ2n) is 15.6. The van der Waals surface area contributed by atoms with Crippen molar-refractivity contribution >= 4 is 40.3 Å². The third-order valence-electron chi connectivity index (χ3n) is 11.5. The minimum atomic E-state index is -2.04. The summed E-state index contributed by atoms with van der Waals surface area (Å²) in [5, 5.41) is 69.8. The number of ketones is 1. The molecule has 16 heteroatoms. The van der Waals surface area contributed by atoms with Gasteiger partial charge >= 0.3 is 11.8 Å². The van der Waals surface area contributed by atoms with Crippen LogP contribution < -0.4 is 15.4 Å². The Kier molecular flexibility index (Phi) is 13.5. The number of aliphatic hydroxyl groups excluding tert-OH is 2. The number of ether oxygens (including phenoxy) is 4. The number of hydrogen-bond donors (Lipinski definition) is 7. The topological polar surface area (TPSA) is 229 Å². The molecule has 4 aliphatic heterocycles. The normalized spacial score (nSPS) is 30.1. The molecule has 316 valence electrons. The molecule has 7 N–H and O–H groups in total. The van der Waals surface area contributed by atoms with Crippen LogP contribution in [0.15, 0.2) is 41.2 Å². The minimum absolute atomic E-state index is 0.0544. The number of allylic oxidation sites excluding steroid dienone is 2. The van der Waals surface area contributed by atoms with E-state index >= 15 is 0 Å². The van der Waals surface area contributed by atoms with Gasteiger partial charge in [0.1, 0.15) is 23.4 Å². The van der Waals surface area contributed by atoms with Gasteiger partial charge in [-0.1, -0.05) is 45.9 Å². The van der Waals surface area contributed by atoms with Gasteiger partial charge in [-0.25, -0.2) is 0 Å². The molecule has 1 saturated heterocycles. The lowest BCUT2D eigenvalue weighted by Gasteiger charge is -2.38. The fourth-order valence-corrected chi connectivity index (χ4v) is 7.78. The van der Waals surface area contributed by atoms with Gasteiger partial charge in [-0.15, -0.1) is 0 Å². The van der Waals surface area contributed by atoms with Gasteiger partial charge in [0.05, 0.1) is 53.0 Å². The number of nitrogens with zero attached hydrogens (tertiary/aromatic N) is 2. The maximum Gasteiger partial charge on any atom is 0.312 e. The van der Waals surface area contributed by atoms with Crippen molar-refractivity contribution in [1.82, 2.24) is 10.3 Å². The van der Waals surface area contributed by atoms with Gasteiger partial charge in [0.15, 0.2) is 5.75 Å². The maximum atomic E-state index is 14.4. The molecule has 1 amide bonds. The number of carbonyl (C=O) groups is 3. The second kappa shape index (κ2) is 17.8. The number of hydrogen-bond acceptors (Lipinski definition) is 15. The summed E-state index contributed by atoms with van der Waals surface area (Å²) in [5.74, 6) is -8.36. The van der Waals surface area contributed by atoms with Crippen LogP contribution in [0.4, 0.5) is 5.69 Å². The second-order valence-corrected chi connectivity index (χ2v) is 15.6. The summed E-state index contributed by atoms with van der Waals surface area (Å²) in [6.45, 7) is 14.9. The minimum Gasteiger partial charge on any atom is -0.507 e. The van der Waals surface area contributed by atoms with Crippen molar-refractivity contribution in [2.45, 2.75) is 85.6 Å². The largest absolute Gasteiger partial charge is 0.507 e. The molecule has 2 aromatic carbocycles. The van der Waals surface area contributed by atoms with Crippen molar-refractivity contribution in [3.8, 4) is 23.0 Å². The van der Waals surface area contributed by atoms with Crippen LogP contribution in [0, 0.1) is 30.6 Å². The number of anilines is 1. The molecule has 6 rings (SSSR count). The van der Waals surface area contributed by atoms with E-state index in [0.717, 1.165) is 0 Å². The van der Waals surface area contributed by atoms with Crippen molar-refractivity contribution in [1.29, 1.82) is 0 Å². The number of rotatable bonds is 4. The average Bonchev–Trinajstić information content (AvgIpc) is 3.46. The van der Waals surface area contributed by atoms with E-state index in [4.69, 9.17) is 18.9 Å². The summed E-state index contributed by atoms with van der Waals surface area (Å²) in [5.41, 5.74) is -0.364. The lowest BCUT2D eigenvalue weighted by molar-refractivity contribution is -0.160. The molecule has 0 radical (unpaired) electrons. The number of nitrogens with one attached hydrogen (secondary N) is 2. The van der Waals surface area contributed by atoms with Crippen molar-refractivity contribution in [3.63, 3.8) is 0 Å². The Hall–Kier alpha value is -5.16. The SMILES string of the molecule is CO[C@@H]1C=CO[C@@]2(C)Oc3c(C)c(O)c4c(O)c(c(C=NN5CCNCC5)c(O)c4c3C2=O)NC(=O)C(C)=CC=C[C@H](C)[C@H](O)[C@H](C)[C@H](O)[C@H](C)[C@@H](OC(C)=O)[C@H]1C. The quantitative estimate of drug-likeness (QED) is 0.100. The van der Waals surface area contributed by atoms with Crippen LogP contribution in [0.1, 0.15) is 70.0 Å². The monoisotopic (exact) mass is 808 g/mol. The molecule has 58 heavy (non-hydrogen) atoms. The lowest BCUT2D eigenvalue weighted by Crippen LogP contribution is -2.46. The highest BCUT2D eigenvalue weighted by Crippen LogP contribution is 2.55. The fraction of sp³-hybridized carbons (Fsp3) is 0.524. The molecule has 0 spiro atoms. The van der Waals surface area contributed by atoms with E-state index in [0.29, 0.717) is 26.2 Å². The molecule has 0 saturated carbocycles. The van der Waals surface area contributed by atoms with Gasteiger partial charge in [0, 0.05) is 87.3 Å². The highest BCUT2D eigenvalue weighted by molar-refractivity contribution is 6.23. The summed E-state index contributed by atoms with van der Waals surface area (Å²) in [4.78, 5) is 40.4. The third kappa shape index (κ3) is 8.51. The zero-order valence-electron chi connectivity index (χ0n) is 34.4. The summed E-state index contributed by atoms with van der Waals surface area (Å²) < 4.78 is 23.6. The number of carbonyl (C=O) groups excluding carboxylic acids is 3. The summed E-state index contributed by atoms with van der Waals surface area (Å²) in [6.07, 6.45) is 4.83. The van der Waals surface area contributed by atoms with E-state index in [-0.39, 0.29) is 44.5 Å². The Labute approximate surface area is 337 Å². The van der Waals surface area contributed by atoms with Crippen LogP contribution in [-0.4, -0.2) is 118 Å². The molecule has 0 aliphatic carbocycles. The molecule has 0 unspecified atom stereocenters. The van der Waals surface area contributed by atoms with Gasteiger partial charge in [0.25, 0.3) is 11.7 Å². The van der Waals surface area contributed by atoms with E-state index in [2.05, 4.69) is 15.7 Å². The van der Waals surface area contributed by atoms with Crippen LogP contribution >= 0.6 is 0 Å². The Bertz CT molecular complexity index is 2040. The Morgan fingerprint density at radius 1 is 0.966 bits per heavy atom. The van der Waals surface area contributed by atoms with Crippen molar-refractivity contribution < 1.29 is 58.9 Å². The number of phenols is 3. The highest BCUT2D eigenvalue weighted by Gasteiger charge is 2.50. The maximum absolute atomic E-state index is 14.4. The Morgan fingerprint density at radius 2 is 1.64 bits per heavy atom. The Balaban J connectivity index is 1.71. The zero-order chi connectivity index (χ0) is 42.8. The number of benzene rings is 2. The first-order valence-corrected chi connectivity index (χ1v) is 19.4. The molecule has 1 fully saturated rings. The zero-order valence-corrected chi connectivity index (χ0v) is 34.4. The number of esters is 1. The molecular formula is C42H56N4O12. The van der Waals surface area contributed by atoms with Gasteiger partial charge in [0.2, 0.25) is 0 Å². The standard InChI is InChI=1S/C42H56N4O12/c1-20-11-10-12-21(2)41(54)45-32-27(19-44-46-16-14-43-15-17-46)36(51)29-30(37(32)52)35(50)25(6)39-31(29)40(53)42(8,58-39)56-18-13-28(55-9)22(3)38(57-26(7)47)24(5)34(49)23(4)33(20)48/h10-13,18-20,22-24,28,33-34,38,43,48-52H,14-17H2,1-9H3,(H,45,54)/t20-,22-,23-,24-,28+,33-,34-,38-,42-/m0/s1. The number of Topliss-reactive ketones (excluding diaryl/α,β-unsaturated/α-hetero) is 1. The molecular weight excluding hydrogens is 752 g/mol. The van der Waals surface area contributed by atoms with Crippen LogP contribution in [0.25, 0.3) is 10.8 Å². The molecule has 4 aliphatic rings. The van der Waals surface area contributed by atoms with Crippen LogP contribution in [0.5, 0.6) is 23.0 Å². The first-order chi connectivity index (χ1) is 27.3.